The number of benzene rings is 1. The van der Waals surface area contributed by atoms with Crippen molar-refractivity contribution < 1.29 is 23.1 Å². The molecule has 1 N–H and O–H groups in total. The third-order valence-corrected chi connectivity index (χ3v) is 4.05. The maximum Gasteiger partial charge on any atom is 0.282 e. The molecule has 2 amide bonds. The molecule has 0 bridgehead atoms. The van der Waals surface area contributed by atoms with Gasteiger partial charge >= 0.3 is 0 Å². The lowest BCUT2D eigenvalue weighted by Gasteiger charge is -2.40. The van der Waals surface area contributed by atoms with E-state index in [1.807, 2.05) is 0 Å². The van der Waals surface area contributed by atoms with Crippen molar-refractivity contribution in [3.63, 3.8) is 0 Å². The average molecular weight is 361 g/mol. The number of carbonyl (C=O) groups is 2. The maximum atomic E-state index is 13.4. The Kier molecular flexibility index (Phi) is 4.35. The van der Waals surface area contributed by atoms with Crippen LogP contribution in [0, 0.1) is 11.6 Å². The Morgan fingerprint density at radius 2 is 2.00 bits per heavy atom. The Balaban J connectivity index is 1.96. The van der Waals surface area contributed by atoms with Gasteiger partial charge in [0.1, 0.15) is 0 Å². The summed E-state index contributed by atoms with van der Waals surface area (Å²) in [5.41, 5.74) is -1.87. The highest BCUT2D eigenvalue weighted by atomic mass is 19.2. The number of nitrogens with one attached hydrogen (secondary N) is 1. The van der Waals surface area contributed by atoms with E-state index in [0.717, 1.165) is 12.1 Å². The minimum absolute atomic E-state index is 0.0135. The number of rotatable bonds is 3. The molecule has 2 aromatic rings. The molecule has 1 aromatic carbocycles. The number of halogens is 2. The van der Waals surface area contributed by atoms with Crippen LogP contribution in [0.3, 0.4) is 0 Å². The van der Waals surface area contributed by atoms with Crippen LogP contribution in [0.4, 0.5) is 20.3 Å². The molecule has 0 spiro atoms. The van der Waals surface area contributed by atoms with Gasteiger partial charge in [0.15, 0.2) is 23.2 Å². The largest absolute Gasteiger partial charge is 0.464 e. The van der Waals surface area contributed by atoms with E-state index < -0.39 is 29.0 Å². The fourth-order valence-corrected chi connectivity index (χ4v) is 2.68. The maximum absolute atomic E-state index is 13.4. The Bertz CT molecular complexity index is 888. The highest BCUT2D eigenvalue weighted by Gasteiger charge is 2.51. The predicted octanol–water partition coefficient (Wildman–Crippen LogP) is 2.89. The normalized spacial score (nSPS) is 19.2. The highest BCUT2D eigenvalue weighted by Crippen LogP contribution is 2.37. The summed E-state index contributed by atoms with van der Waals surface area (Å²) in [5, 5.41) is 2.40. The number of pyridine rings is 1. The van der Waals surface area contributed by atoms with Crippen LogP contribution in [-0.4, -0.2) is 28.4 Å². The quantitative estimate of drug-likeness (QED) is 0.854. The summed E-state index contributed by atoms with van der Waals surface area (Å²) >= 11 is 0. The summed E-state index contributed by atoms with van der Waals surface area (Å²) in [4.78, 5) is 31.3. The molecule has 3 rings (SSSR count). The zero-order chi connectivity index (χ0) is 19.1. The summed E-state index contributed by atoms with van der Waals surface area (Å²) in [6.07, 6.45) is 1.52. The lowest BCUT2D eigenvalue weighted by Crippen LogP contribution is -2.62. The van der Waals surface area contributed by atoms with E-state index in [4.69, 9.17) is 4.74 Å². The first kappa shape index (κ1) is 17.8. The van der Waals surface area contributed by atoms with Gasteiger partial charge in [-0.3, -0.25) is 14.5 Å². The first-order valence-electron chi connectivity index (χ1n) is 7.98. The van der Waals surface area contributed by atoms with Crippen LogP contribution < -0.4 is 15.0 Å². The van der Waals surface area contributed by atoms with Gasteiger partial charge in [0.2, 0.25) is 0 Å². The van der Waals surface area contributed by atoms with Gasteiger partial charge in [-0.15, -0.1) is 0 Å². The fraction of sp³-hybridized carbons (Fsp3) is 0.278. The third kappa shape index (κ3) is 2.87. The number of anilines is 2. The molecule has 2 heterocycles. The second-order valence-electron chi connectivity index (χ2n) is 6.31. The molecule has 26 heavy (non-hydrogen) atoms. The van der Waals surface area contributed by atoms with Crippen LogP contribution in [0.15, 0.2) is 36.5 Å². The van der Waals surface area contributed by atoms with Crippen LogP contribution in [0.5, 0.6) is 5.75 Å². The Labute approximate surface area is 148 Å². The van der Waals surface area contributed by atoms with Crippen molar-refractivity contribution in [1.29, 1.82) is 0 Å². The van der Waals surface area contributed by atoms with Crippen molar-refractivity contribution in [1.82, 2.24) is 4.98 Å². The smallest absolute Gasteiger partial charge is 0.282 e. The lowest BCUT2D eigenvalue weighted by molar-refractivity contribution is -0.145. The van der Waals surface area contributed by atoms with E-state index in [0.29, 0.717) is 5.82 Å². The zero-order valence-electron chi connectivity index (χ0n) is 14.4. The highest BCUT2D eigenvalue weighted by molar-refractivity contribution is 6.19. The Morgan fingerprint density at radius 1 is 1.27 bits per heavy atom. The van der Waals surface area contributed by atoms with Crippen molar-refractivity contribution in [2.24, 2.45) is 0 Å². The van der Waals surface area contributed by atoms with E-state index in [2.05, 4.69) is 10.3 Å². The molecule has 1 aromatic heterocycles. The van der Waals surface area contributed by atoms with E-state index in [-0.39, 0.29) is 17.5 Å². The molecular formula is C18H17F2N3O3. The van der Waals surface area contributed by atoms with Crippen molar-refractivity contribution >= 4 is 23.3 Å². The molecule has 136 valence electrons. The minimum Gasteiger partial charge on any atom is -0.464 e. The molecule has 0 radical (unpaired) electrons. The standard InChI is InChI=1S/C18H17F2N3O3/c1-10(2)23-15-14(5-4-8-21-15)26-18(3,17(23)25)16(24)22-11-6-7-12(19)13(20)9-11/h4-10H,1-3H3,(H,22,24)/t18-/m0/s1. The van der Waals surface area contributed by atoms with Gasteiger partial charge < -0.3 is 10.1 Å². The van der Waals surface area contributed by atoms with Crippen LogP contribution >= 0.6 is 0 Å². The number of hydrogen-bond donors (Lipinski definition) is 1. The minimum atomic E-state index is -1.88. The number of aromatic nitrogens is 1. The summed E-state index contributed by atoms with van der Waals surface area (Å²) in [6, 6.07) is 5.88. The third-order valence-electron chi connectivity index (χ3n) is 4.05. The van der Waals surface area contributed by atoms with E-state index in [1.165, 1.54) is 24.1 Å². The second-order valence-corrected chi connectivity index (χ2v) is 6.31. The van der Waals surface area contributed by atoms with Gasteiger partial charge in [-0.1, -0.05) is 0 Å². The van der Waals surface area contributed by atoms with Gasteiger partial charge in [0, 0.05) is 24.0 Å². The summed E-state index contributed by atoms with van der Waals surface area (Å²) < 4.78 is 32.1. The topological polar surface area (TPSA) is 71.5 Å². The van der Waals surface area contributed by atoms with E-state index >= 15 is 0 Å². The molecule has 6 nitrogen and oxygen atoms in total. The van der Waals surface area contributed by atoms with E-state index in [9.17, 15) is 18.4 Å². The van der Waals surface area contributed by atoms with Gasteiger partial charge in [-0.05, 0) is 45.0 Å². The molecule has 0 fully saturated rings. The first-order chi connectivity index (χ1) is 12.2. The van der Waals surface area contributed by atoms with Crippen LogP contribution in [0.2, 0.25) is 0 Å². The number of nitrogens with zero attached hydrogens (tertiary/aromatic N) is 2. The summed E-state index contributed by atoms with van der Waals surface area (Å²) in [5.74, 6) is -2.94. The molecule has 8 heteroatoms. The molecule has 0 saturated carbocycles. The van der Waals surface area contributed by atoms with Gasteiger partial charge in [0.05, 0.1) is 0 Å². The molecule has 0 unspecified atom stereocenters. The molecule has 1 atom stereocenters. The number of carbonyl (C=O) groups excluding carboxylic acids is 2. The summed E-state index contributed by atoms with van der Waals surface area (Å²) in [6.45, 7) is 4.90. The number of fused-ring (bicyclic) bond motifs is 1. The van der Waals surface area contributed by atoms with Crippen molar-refractivity contribution in [2.45, 2.75) is 32.4 Å². The fourth-order valence-electron chi connectivity index (χ4n) is 2.68. The van der Waals surface area contributed by atoms with Gasteiger partial charge in [-0.25, -0.2) is 13.8 Å². The van der Waals surface area contributed by atoms with Crippen LogP contribution in [0.25, 0.3) is 0 Å². The summed E-state index contributed by atoms with van der Waals surface area (Å²) in [7, 11) is 0. The van der Waals surface area contributed by atoms with Crippen LogP contribution in [0.1, 0.15) is 20.8 Å². The first-order valence-corrected chi connectivity index (χ1v) is 7.98. The Morgan fingerprint density at radius 3 is 2.65 bits per heavy atom. The molecule has 0 saturated heterocycles. The van der Waals surface area contributed by atoms with Crippen LogP contribution in [-0.2, 0) is 9.59 Å². The SMILES string of the molecule is CC(C)N1C(=O)[C@](C)(C(=O)Nc2ccc(F)c(F)c2)Oc2cccnc21. The monoisotopic (exact) mass is 361 g/mol. The number of hydrogen-bond acceptors (Lipinski definition) is 4. The number of amides is 2. The number of ether oxygens (including phenoxy) is 1. The molecule has 0 aliphatic carbocycles. The van der Waals surface area contributed by atoms with Crippen molar-refractivity contribution in [2.75, 3.05) is 10.2 Å². The second kappa shape index (κ2) is 6.36. The van der Waals surface area contributed by atoms with Gasteiger partial charge in [-0.2, -0.15) is 0 Å². The van der Waals surface area contributed by atoms with E-state index in [1.54, 1.807) is 26.0 Å². The molecule has 1 aliphatic rings. The lowest BCUT2D eigenvalue weighted by atomic mass is 9.99. The average Bonchev–Trinajstić information content (AvgIpc) is 2.58. The molecule has 1 aliphatic heterocycles. The Hall–Kier alpha value is -3.03. The van der Waals surface area contributed by atoms with Gasteiger partial charge in [0.25, 0.3) is 17.4 Å². The molecular weight excluding hydrogens is 344 g/mol. The zero-order valence-corrected chi connectivity index (χ0v) is 14.4. The predicted molar refractivity (Wildman–Crippen MR) is 90.9 cm³/mol. The van der Waals surface area contributed by atoms with Crippen molar-refractivity contribution in [3.8, 4) is 5.75 Å². The van der Waals surface area contributed by atoms with Crippen molar-refractivity contribution in [3.05, 3.63) is 48.2 Å².